The molecule has 0 amide bonds. The number of aryl methyl sites for hydroxylation is 2. The van der Waals surface area contributed by atoms with Gasteiger partial charge in [-0.2, -0.15) is 0 Å². The average molecular weight is 561 g/mol. The lowest BCUT2D eigenvalue weighted by molar-refractivity contribution is -0.235. The lowest BCUT2D eigenvalue weighted by Gasteiger charge is -2.30. The second-order valence-corrected chi connectivity index (χ2v) is 17.3. The van der Waals surface area contributed by atoms with Gasteiger partial charge in [0.15, 0.2) is 17.9 Å². The Morgan fingerprint density at radius 1 is 0.789 bits per heavy atom. The van der Waals surface area contributed by atoms with E-state index in [1.54, 1.807) is 0 Å². The van der Waals surface area contributed by atoms with Crippen LogP contribution in [0, 0.1) is 0 Å². The van der Waals surface area contributed by atoms with Gasteiger partial charge in [-0.15, -0.1) is 0 Å². The molecule has 38 heavy (non-hydrogen) atoms. The average Bonchev–Trinajstić information content (AvgIpc) is 3.51. The number of hydrogen-bond donors (Lipinski definition) is 0. The first-order valence-corrected chi connectivity index (χ1v) is 17.1. The van der Waals surface area contributed by atoms with Gasteiger partial charge in [0.1, 0.15) is 24.4 Å². The van der Waals surface area contributed by atoms with Gasteiger partial charge in [-0.05, 0) is 70.0 Å². The molecular formula is C30H41O6PS. The highest BCUT2D eigenvalue weighted by molar-refractivity contribution is 8.14. The fourth-order valence-corrected chi connectivity index (χ4v) is 8.73. The molecule has 3 heterocycles. The minimum absolute atomic E-state index is 0.241. The van der Waals surface area contributed by atoms with Crippen molar-refractivity contribution >= 4 is 17.8 Å². The molecule has 0 aromatic heterocycles. The van der Waals surface area contributed by atoms with E-state index in [-0.39, 0.29) is 24.4 Å². The van der Waals surface area contributed by atoms with Gasteiger partial charge in [-0.3, -0.25) is 0 Å². The van der Waals surface area contributed by atoms with E-state index >= 15 is 0 Å². The minimum atomic E-state index is -1.69. The summed E-state index contributed by atoms with van der Waals surface area (Å²) in [5.74, 6) is -1.36. The molecule has 0 N–H and O–H groups in total. The third-order valence-electron chi connectivity index (χ3n) is 7.53. The van der Waals surface area contributed by atoms with E-state index in [1.165, 1.54) is 11.1 Å². The molecule has 3 aliphatic rings. The van der Waals surface area contributed by atoms with Crippen LogP contribution >= 0.6 is 6.04 Å². The topological polar surface area (TPSA) is 55.4 Å². The van der Waals surface area contributed by atoms with Crippen molar-refractivity contribution in [3.8, 4) is 0 Å². The highest BCUT2D eigenvalue weighted by Gasteiger charge is 2.58. The summed E-state index contributed by atoms with van der Waals surface area (Å²) < 4.78 is 37.2. The third-order valence-corrected chi connectivity index (χ3v) is 12.3. The SMILES string of the molecule is CC1(C)O[C@H]2O[C@H]([C@H]3COC(C)(C)O3)[C@H](OCCP(=S)(CCc3ccccc3)CCc3ccccc3)[C@H]2O1. The summed E-state index contributed by atoms with van der Waals surface area (Å²) in [6.45, 7) is 8.67. The van der Waals surface area contributed by atoms with Crippen LogP contribution in [0.2, 0.25) is 0 Å². The van der Waals surface area contributed by atoms with E-state index in [4.69, 9.17) is 40.2 Å². The van der Waals surface area contributed by atoms with Gasteiger partial charge in [-0.25, -0.2) is 0 Å². The van der Waals surface area contributed by atoms with Crippen LogP contribution in [0.15, 0.2) is 60.7 Å². The van der Waals surface area contributed by atoms with Crippen molar-refractivity contribution < 1.29 is 28.4 Å². The first-order valence-electron chi connectivity index (χ1n) is 13.7. The molecule has 0 saturated carbocycles. The Kier molecular flexibility index (Phi) is 8.78. The van der Waals surface area contributed by atoms with Gasteiger partial charge >= 0.3 is 0 Å². The number of rotatable bonds is 11. The van der Waals surface area contributed by atoms with Gasteiger partial charge in [-0.1, -0.05) is 72.5 Å². The molecule has 6 nitrogen and oxygen atoms in total. The third kappa shape index (κ3) is 7.13. The molecular weight excluding hydrogens is 519 g/mol. The van der Waals surface area contributed by atoms with E-state index in [0.717, 1.165) is 31.3 Å². The first kappa shape index (κ1) is 28.4. The van der Waals surface area contributed by atoms with Crippen molar-refractivity contribution in [3.05, 3.63) is 71.8 Å². The smallest absolute Gasteiger partial charge is 0.190 e. The maximum absolute atomic E-state index is 6.60. The van der Waals surface area contributed by atoms with Crippen molar-refractivity contribution in [2.24, 2.45) is 0 Å². The van der Waals surface area contributed by atoms with Gasteiger partial charge in [0, 0.05) is 6.16 Å². The van der Waals surface area contributed by atoms with E-state index in [1.807, 2.05) is 27.7 Å². The lowest BCUT2D eigenvalue weighted by Crippen LogP contribution is -2.44. The lowest BCUT2D eigenvalue weighted by atomic mass is 10.1. The summed E-state index contributed by atoms with van der Waals surface area (Å²) in [6, 6.07) is 19.6. The number of ether oxygens (including phenoxy) is 6. The summed E-state index contributed by atoms with van der Waals surface area (Å²) in [5, 5.41) is 0. The van der Waals surface area contributed by atoms with Crippen molar-refractivity contribution in [2.45, 2.75) is 82.8 Å². The van der Waals surface area contributed by atoms with Crippen molar-refractivity contribution in [3.63, 3.8) is 0 Å². The Morgan fingerprint density at radius 3 is 1.95 bits per heavy atom. The Morgan fingerprint density at radius 2 is 1.39 bits per heavy atom. The maximum Gasteiger partial charge on any atom is 0.190 e. The summed E-state index contributed by atoms with van der Waals surface area (Å²) in [7, 11) is 0. The van der Waals surface area contributed by atoms with Crippen LogP contribution in [-0.2, 0) is 53.1 Å². The Labute approximate surface area is 232 Å². The zero-order valence-corrected chi connectivity index (χ0v) is 24.6. The monoisotopic (exact) mass is 560 g/mol. The van der Waals surface area contributed by atoms with Gasteiger partial charge < -0.3 is 28.4 Å². The van der Waals surface area contributed by atoms with Crippen molar-refractivity contribution in [2.75, 3.05) is 31.7 Å². The zero-order chi connectivity index (χ0) is 26.8. The van der Waals surface area contributed by atoms with Crippen LogP contribution < -0.4 is 0 Å². The molecule has 5 atom stereocenters. The second kappa shape index (κ2) is 11.8. The molecule has 3 aliphatic heterocycles. The molecule has 2 aromatic carbocycles. The van der Waals surface area contributed by atoms with Crippen LogP contribution in [0.5, 0.6) is 0 Å². The van der Waals surface area contributed by atoms with Crippen LogP contribution in [0.25, 0.3) is 0 Å². The normalized spacial score (nSPS) is 29.9. The molecule has 2 aromatic rings. The highest BCUT2D eigenvalue weighted by atomic mass is 32.4. The fourth-order valence-electron chi connectivity index (χ4n) is 5.52. The predicted molar refractivity (Wildman–Crippen MR) is 153 cm³/mol. The largest absolute Gasteiger partial charge is 0.372 e. The molecule has 0 bridgehead atoms. The Bertz CT molecular complexity index is 1050. The molecule has 3 fully saturated rings. The molecule has 8 heteroatoms. The molecule has 208 valence electrons. The van der Waals surface area contributed by atoms with E-state index < -0.39 is 23.9 Å². The van der Waals surface area contributed by atoms with Crippen LogP contribution in [0.4, 0.5) is 0 Å². The standard InChI is InChI=1S/C30H41O6PS/c1-29(2)32-21-24(34-29)25-26(27-28(33-25)36-30(3,4)35-27)31-17-20-37(38,18-15-22-11-7-5-8-12-22)19-16-23-13-9-6-10-14-23/h5-14,24-28H,15-21H2,1-4H3/t24-,25-,26+,27-,28-/m1/s1. The molecule has 5 rings (SSSR count). The molecule has 0 unspecified atom stereocenters. The highest BCUT2D eigenvalue weighted by Crippen LogP contribution is 2.48. The van der Waals surface area contributed by atoms with Crippen molar-refractivity contribution in [1.29, 1.82) is 0 Å². The second-order valence-electron chi connectivity index (χ2n) is 11.5. The Balaban J connectivity index is 1.25. The van der Waals surface area contributed by atoms with Crippen LogP contribution in [0.1, 0.15) is 38.8 Å². The molecule has 0 spiro atoms. The van der Waals surface area contributed by atoms with Gasteiger partial charge in [0.05, 0.1) is 13.2 Å². The number of hydrogen-bond acceptors (Lipinski definition) is 7. The zero-order valence-electron chi connectivity index (χ0n) is 22.9. The maximum atomic E-state index is 6.60. The van der Waals surface area contributed by atoms with E-state index in [0.29, 0.717) is 13.2 Å². The van der Waals surface area contributed by atoms with E-state index in [9.17, 15) is 0 Å². The fraction of sp³-hybridized carbons (Fsp3) is 0.600. The molecule has 0 radical (unpaired) electrons. The van der Waals surface area contributed by atoms with Crippen LogP contribution in [-0.4, -0.2) is 74.0 Å². The van der Waals surface area contributed by atoms with Gasteiger partial charge in [0.25, 0.3) is 0 Å². The van der Waals surface area contributed by atoms with Crippen LogP contribution in [0.3, 0.4) is 0 Å². The predicted octanol–water partition coefficient (Wildman–Crippen LogP) is 5.36. The molecule has 3 saturated heterocycles. The summed E-state index contributed by atoms with van der Waals surface area (Å²) in [4.78, 5) is 0. The summed E-state index contributed by atoms with van der Waals surface area (Å²) in [5.41, 5.74) is 2.68. The number of benzene rings is 2. The van der Waals surface area contributed by atoms with Gasteiger partial charge in [0.2, 0.25) is 0 Å². The number of fused-ring (bicyclic) bond motifs is 1. The summed E-state index contributed by atoms with van der Waals surface area (Å²) >= 11 is 6.44. The quantitative estimate of drug-likeness (QED) is 0.343. The Hall–Kier alpha value is -1.15. The van der Waals surface area contributed by atoms with Crippen molar-refractivity contribution in [1.82, 2.24) is 0 Å². The van der Waals surface area contributed by atoms with E-state index in [2.05, 4.69) is 60.7 Å². The minimum Gasteiger partial charge on any atom is -0.372 e. The molecule has 0 aliphatic carbocycles. The first-order chi connectivity index (χ1) is 18.1. The summed E-state index contributed by atoms with van der Waals surface area (Å²) in [6.07, 6.45) is 3.26.